The first kappa shape index (κ1) is 36.5. The van der Waals surface area contributed by atoms with Crippen molar-refractivity contribution in [3.8, 4) is 0 Å². The molecule has 0 aliphatic heterocycles. The third kappa shape index (κ3) is 15.2. The number of benzene rings is 1. The topological polar surface area (TPSA) is 29.5 Å². The Kier molecular flexibility index (Phi) is 21.5. The average molecular weight is 604 g/mol. The molecule has 1 aromatic rings. The van der Waals surface area contributed by atoms with Gasteiger partial charge in [0, 0.05) is 30.0 Å². The fourth-order valence-electron chi connectivity index (χ4n) is 3.43. The van der Waals surface area contributed by atoms with Gasteiger partial charge in [0.1, 0.15) is 0 Å². The third-order valence-electron chi connectivity index (χ3n) is 5.55. The predicted octanol–water partition coefficient (Wildman–Crippen LogP) is 10.3. The maximum Gasteiger partial charge on any atom is 0.255 e. The number of carbonyl (C=O) groups excluding carboxylic acids is 1. The summed E-state index contributed by atoms with van der Waals surface area (Å²) >= 11 is 22.6. The van der Waals surface area contributed by atoms with Gasteiger partial charge in [-0.1, -0.05) is 97.6 Å². The van der Waals surface area contributed by atoms with Gasteiger partial charge in [0.15, 0.2) is 0 Å². The van der Waals surface area contributed by atoms with E-state index in [-0.39, 0.29) is 12.0 Å². The molecule has 2 aliphatic rings. The molecular formula is C31H43Cl4NO2. The van der Waals surface area contributed by atoms with Gasteiger partial charge in [-0.15, -0.1) is 11.6 Å². The monoisotopic (exact) mass is 601 g/mol. The average Bonchev–Trinajstić information content (AvgIpc) is 3.27. The minimum Gasteiger partial charge on any atom is -0.372 e. The molecule has 3 nitrogen and oxygen atoms in total. The van der Waals surface area contributed by atoms with Crippen molar-refractivity contribution in [2.75, 3.05) is 26.6 Å². The van der Waals surface area contributed by atoms with E-state index in [1.807, 2.05) is 57.2 Å². The number of ether oxygens (including phenoxy) is 1. The number of halogens is 4. The summed E-state index contributed by atoms with van der Waals surface area (Å²) < 4.78 is 6.00. The second kappa shape index (κ2) is 22.3. The Morgan fingerprint density at radius 2 is 1.71 bits per heavy atom. The van der Waals surface area contributed by atoms with Crippen LogP contribution >= 0.6 is 46.4 Å². The summed E-state index contributed by atoms with van der Waals surface area (Å²) in [6, 6.07) is 7.08. The SMILES string of the molecule is CC.CC1=CC=C(Cl)CCC1.CCC(CN(C)C(=O)c1ccccc1Cl)OCC1=CCC=C(Cl)C=C1.CCl. The standard InChI is InChI=1S/C20H23Cl2NO2.C8H11Cl.C2H6.CH3Cl/c1-3-17(25-14-15-7-6-8-16(21)12-11-15)13-23(2)20(24)18-9-4-5-10-19(18)22;1-7-3-2-4-8(9)6-5-7;2*1-2/h4-5,7-12,17H,3,6,13-14H2,1-2H3;5-6H,2-4H2,1H3;1-2H3;1H3. The van der Waals surface area contributed by atoms with Crippen molar-refractivity contribution in [1.29, 1.82) is 0 Å². The van der Waals surface area contributed by atoms with Crippen LogP contribution in [0.15, 0.2) is 81.9 Å². The molecule has 1 aromatic carbocycles. The van der Waals surface area contributed by atoms with Gasteiger partial charge in [-0.3, -0.25) is 4.79 Å². The molecule has 0 N–H and O–H groups in total. The summed E-state index contributed by atoms with van der Waals surface area (Å²) in [5.74, 6) is -0.0998. The summed E-state index contributed by atoms with van der Waals surface area (Å²) in [6.45, 7) is 9.21. The van der Waals surface area contributed by atoms with Crippen LogP contribution in [-0.4, -0.2) is 43.5 Å². The molecule has 0 radical (unpaired) electrons. The van der Waals surface area contributed by atoms with E-state index < -0.39 is 0 Å². The van der Waals surface area contributed by atoms with E-state index in [0.717, 1.165) is 34.9 Å². The van der Waals surface area contributed by atoms with Gasteiger partial charge in [-0.05, 0) is 68.9 Å². The zero-order chi connectivity index (χ0) is 28.9. The molecule has 0 saturated heterocycles. The first-order chi connectivity index (χ1) is 18.3. The van der Waals surface area contributed by atoms with Crippen LogP contribution in [0.5, 0.6) is 0 Å². The molecule has 1 atom stereocenters. The van der Waals surface area contributed by atoms with Gasteiger partial charge >= 0.3 is 0 Å². The second-order valence-electron chi connectivity index (χ2n) is 8.42. The van der Waals surface area contributed by atoms with Gasteiger partial charge in [-0.2, -0.15) is 0 Å². The number of allylic oxidation sites excluding steroid dienone is 8. The van der Waals surface area contributed by atoms with E-state index in [2.05, 4.69) is 30.7 Å². The molecule has 0 spiro atoms. The molecule has 3 rings (SSSR count). The Morgan fingerprint density at radius 1 is 1.03 bits per heavy atom. The fraction of sp³-hybridized carbons (Fsp3) is 0.452. The molecule has 0 heterocycles. The number of carbonyl (C=O) groups is 1. The number of rotatable bonds is 7. The molecule has 0 fully saturated rings. The largest absolute Gasteiger partial charge is 0.372 e. The number of alkyl halides is 1. The van der Waals surface area contributed by atoms with E-state index in [1.165, 1.54) is 24.8 Å². The molecule has 7 heteroatoms. The van der Waals surface area contributed by atoms with E-state index in [4.69, 9.17) is 39.5 Å². The van der Waals surface area contributed by atoms with Crippen molar-refractivity contribution in [3.63, 3.8) is 0 Å². The van der Waals surface area contributed by atoms with E-state index in [9.17, 15) is 4.79 Å². The summed E-state index contributed by atoms with van der Waals surface area (Å²) in [6.07, 6.45) is 18.5. The zero-order valence-corrected chi connectivity index (χ0v) is 26.6. The first-order valence-corrected chi connectivity index (χ1v) is 14.9. The van der Waals surface area contributed by atoms with E-state index >= 15 is 0 Å². The third-order valence-corrected chi connectivity index (χ3v) is 6.48. The Labute approximate surface area is 250 Å². The van der Waals surface area contributed by atoms with Crippen molar-refractivity contribution in [2.45, 2.75) is 65.9 Å². The molecular weight excluding hydrogens is 560 g/mol. The minimum atomic E-state index is -0.0998. The van der Waals surface area contributed by atoms with Gasteiger partial charge < -0.3 is 9.64 Å². The maximum absolute atomic E-state index is 12.5. The minimum absolute atomic E-state index is 0.0441. The molecule has 2 aliphatic carbocycles. The highest BCUT2D eigenvalue weighted by Gasteiger charge is 2.18. The quantitative estimate of drug-likeness (QED) is 0.290. The number of nitrogens with zero attached hydrogens (tertiary/aromatic N) is 1. The summed E-state index contributed by atoms with van der Waals surface area (Å²) in [5, 5.41) is 2.20. The highest BCUT2D eigenvalue weighted by molar-refractivity contribution is 6.33. The van der Waals surface area contributed by atoms with Crippen molar-refractivity contribution >= 4 is 52.3 Å². The van der Waals surface area contributed by atoms with Crippen LogP contribution in [0.3, 0.4) is 0 Å². The van der Waals surface area contributed by atoms with Gasteiger partial charge in [0.05, 0.1) is 23.3 Å². The lowest BCUT2D eigenvalue weighted by Crippen LogP contribution is -2.35. The van der Waals surface area contributed by atoms with Crippen LogP contribution in [0, 0.1) is 0 Å². The lowest BCUT2D eigenvalue weighted by molar-refractivity contribution is 0.0378. The van der Waals surface area contributed by atoms with E-state index in [0.29, 0.717) is 23.7 Å². The normalized spacial score (nSPS) is 15.1. The summed E-state index contributed by atoms with van der Waals surface area (Å²) in [7, 11) is 1.77. The van der Waals surface area contributed by atoms with E-state index in [1.54, 1.807) is 24.1 Å². The number of hydrogen-bond donors (Lipinski definition) is 0. The van der Waals surface area contributed by atoms with Gasteiger partial charge in [0.25, 0.3) is 5.91 Å². The van der Waals surface area contributed by atoms with Crippen molar-refractivity contribution in [1.82, 2.24) is 4.90 Å². The summed E-state index contributed by atoms with van der Waals surface area (Å²) in [4.78, 5) is 14.2. The number of amides is 1. The lowest BCUT2D eigenvalue weighted by Gasteiger charge is -2.24. The fourth-order valence-corrected chi connectivity index (χ4v) is 4.00. The Morgan fingerprint density at radius 3 is 2.37 bits per heavy atom. The van der Waals surface area contributed by atoms with Crippen LogP contribution in [-0.2, 0) is 4.74 Å². The van der Waals surface area contributed by atoms with Crippen LogP contribution in [0.4, 0.5) is 0 Å². The zero-order valence-electron chi connectivity index (χ0n) is 23.6. The first-order valence-electron chi connectivity index (χ1n) is 13.0. The molecule has 212 valence electrons. The van der Waals surface area contributed by atoms with Gasteiger partial charge in [0.2, 0.25) is 0 Å². The molecule has 0 aromatic heterocycles. The van der Waals surface area contributed by atoms with Crippen LogP contribution in [0.1, 0.15) is 70.2 Å². The molecule has 1 unspecified atom stereocenters. The van der Waals surface area contributed by atoms with Crippen molar-refractivity contribution in [2.24, 2.45) is 0 Å². The van der Waals surface area contributed by atoms with Crippen LogP contribution in [0.25, 0.3) is 0 Å². The van der Waals surface area contributed by atoms with Crippen LogP contribution in [0.2, 0.25) is 5.02 Å². The number of hydrogen-bond acceptors (Lipinski definition) is 2. The van der Waals surface area contributed by atoms with Gasteiger partial charge in [-0.25, -0.2) is 0 Å². The molecule has 0 bridgehead atoms. The molecule has 0 saturated carbocycles. The van der Waals surface area contributed by atoms with Crippen molar-refractivity contribution in [3.05, 3.63) is 92.5 Å². The highest BCUT2D eigenvalue weighted by Crippen LogP contribution is 2.20. The highest BCUT2D eigenvalue weighted by atomic mass is 35.5. The maximum atomic E-state index is 12.5. The smallest absolute Gasteiger partial charge is 0.255 e. The Hall–Kier alpha value is -1.49. The predicted molar refractivity (Wildman–Crippen MR) is 169 cm³/mol. The summed E-state index contributed by atoms with van der Waals surface area (Å²) in [5.41, 5.74) is 3.03. The lowest BCUT2D eigenvalue weighted by atomic mass is 10.1. The second-order valence-corrected chi connectivity index (χ2v) is 9.75. The number of likely N-dealkylation sites (N-methyl/N-ethyl adjacent to an activating group) is 1. The Balaban J connectivity index is 0.000000875. The molecule has 1 amide bonds. The molecule has 38 heavy (non-hydrogen) atoms. The Bertz CT molecular complexity index is 962. The van der Waals surface area contributed by atoms with Crippen LogP contribution < -0.4 is 0 Å². The van der Waals surface area contributed by atoms with Crippen molar-refractivity contribution < 1.29 is 9.53 Å².